The molecule has 0 saturated carbocycles. The zero-order valence-electron chi connectivity index (χ0n) is 13.8. The molecule has 132 valence electrons. The number of nitrogens with two attached hydrogens (primary N) is 2. The van der Waals surface area contributed by atoms with E-state index in [0.29, 0.717) is 23.6 Å². The first-order valence-corrected chi connectivity index (χ1v) is 7.89. The second-order valence-corrected chi connectivity index (χ2v) is 5.51. The van der Waals surface area contributed by atoms with Crippen LogP contribution in [0.3, 0.4) is 0 Å². The van der Waals surface area contributed by atoms with Crippen LogP contribution in [0.5, 0.6) is 0 Å². The summed E-state index contributed by atoms with van der Waals surface area (Å²) in [5.41, 5.74) is 13.7. The molecule has 0 radical (unpaired) electrons. The van der Waals surface area contributed by atoms with E-state index in [-0.39, 0.29) is 11.7 Å². The molecular formula is C17H18N8O. The van der Waals surface area contributed by atoms with Gasteiger partial charge in [-0.3, -0.25) is 4.79 Å². The molecule has 0 aliphatic carbocycles. The van der Waals surface area contributed by atoms with Crippen LogP contribution in [-0.2, 0) is 11.2 Å². The normalized spacial score (nSPS) is 12.2. The van der Waals surface area contributed by atoms with Gasteiger partial charge in [-0.15, -0.1) is 5.11 Å². The van der Waals surface area contributed by atoms with E-state index < -0.39 is 6.04 Å². The summed E-state index contributed by atoms with van der Waals surface area (Å²) in [6, 6.07) is 11.7. The Morgan fingerprint density at radius 3 is 2.69 bits per heavy atom. The molecule has 0 saturated heterocycles. The van der Waals surface area contributed by atoms with Gasteiger partial charge >= 0.3 is 0 Å². The number of amides is 1. The highest BCUT2D eigenvalue weighted by atomic mass is 16.2. The smallest absolute Gasteiger partial charge is 0.242 e. The number of hydrogen-bond acceptors (Lipinski definition) is 7. The van der Waals surface area contributed by atoms with Crippen LogP contribution in [0.4, 0.5) is 23.0 Å². The number of aromatic nitrogens is 3. The molecular weight excluding hydrogens is 332 g/mol. The standard InChI is InChI=1S/C17H18N8O/c18-13(8-12-9-20-10-21-12)17(26)23-15-7-6-14(16(19)22-15)25-24-11-4-2-1-3-5-11/h1-7,9-10,13H,8,18H2,(H,20,21)(H3,19,22,23,26). The van der Waals surface area contributed by atoms with E-state index in [2.05, 4.69) is 30.5 Å². The number of aromatic amines is 1. The van der Waals surface area contributed by atoms with Gasteiger partial charge in [0.2, 0.25) is 5.91 Å². The Kier molecular flexibility index (Phi) is 5.30. The molecule has 2 heterocycles. The number of nitrogens with one attached hydrogen (secondary N) is 2. The van der Waals surface area contributed by atoms with Crippen LogP contribution in [0, 0.1) is 0 Å². The Bertz CT molecular complexity index is 892. The number of anilines is 2. The number of nitrogens with zero attached hydrogens (tertiary/aromatic N) is 4. The predicted octanol–water partition coefficient (Wildman–Crippen LogP) is 2.31. The quantitative estimate of drug-likeness (QED) is 0.503. The largest absolute Gasteiger partial charge is 0.382 e. The summed E-state index contributed by atoms with van der Waals surface area (Å²) in [7, 11) is 0. The Labute approximate surface area is 149 Å². The molecule has 0 fully saturated rings. The lowest BCUT2D eigenvalue weighted by atomic mass is 10.1. The number of H-pyrrole nitrogens is 1. The van der Waals surface area contributed by atoms with Gasteiger partial charge in [0.15, 0.2) is 5.82 Å². The Morgan fingerprint density at radius 2 is 2.00 bits per heavy atom. The monoisotopic (exact) mass is 350 g/mol. The van der Waals surface area contributed by atoms with Crippen molar-refractivity contribution in [3.8, 4) is 0 Å². The number of azo groups is 1. The molecule has 0 aliphatic rings. The van der Waals surface area contributed by atoms with Gasteiger partial charge in [0.05, 0.1) is 18.1 Å². The molecule has 0 bridgehead atoms. The van der Waals surface area contributed by atoms with E-state index in [1.165, 1.54) is 6.33 Å². The molecule has 1 unspecified atom stereocenters. The van der Waals surface area contributed by atoms with Gasteiger partial charge in [0.25, 0.3) is 0 Å². The Balaban J connectivity index is 1.63. The van der Waals surface area contributed by atoms with Crippen LogP contribution >= 0.6 is 0 Å². The lowest BCUT2D eigenvalue weighted by molar-refractivity contribution is -0.117. The molecule has 0 aliphatic heterocycles. The highest BCUT2D eigenvalue weighted by Gasteiger charge is 2.16. The number of hydrogen-bond donors (Lipinski definition) is 4. The molecule has 1 amide bonds. The number of imidazole rings is 1. The number of benzene rings is 1. The topological polar surface area (TPSA) is 147 Å². The summed E-state index contributed by atoms with van der Waals surface area (Å²) in [6.07, 6.45) is 3.49. The third-order valence-electron chi connectivity index (χ3n) is 3.51. The average molecular weight is 350 g/mol. The third kappa shape index (κ3) is 4.48. The van der Waals surface area contributed by atoms with Gasteiger partial charge < -0.3 is 21.8 Å². The fourth-order valence-electron chi connectivity index (χ4n) is 2.17. The number of carbonyl (C=O) groups excluding carboxylic acids is 1. The van der Waals surface area contributed by atoms with E-state index in [1.54, 1.807) is 18.3 Å². The van der Waals surface area contributed by atoms with Gasteiger partial charge in [-0.25, -0.2) is 9.97 Å². The summed E-state index contributed by atoms with van der Waals surface area (Å²) >= 11 is 0. The molecule has 3 aromatic rings. The molecule has 26 heavy (non-hydrogen) atoms. The van der Waals surface area contributed by atoms with Crippen molar-refractivity contribution in [2.75, 3.05) is 11.1 Å². The summed E-state index contributed by atoms with van der Waals surface area (Å²) in [6.45, 7) is 0. The second kappa shape index (κ2) is 7.99. The Hall–Kier alpha value is -3.59. The van der Waals surface area contributed by atoms with Crippen LogP contribution in [0.1, 0.15) is 5.69 Å². The zero-order chi connectivity index (χ0) is 18.4. The first-order chi connectivity index (χ1) is 12.6. The van der Waals surface area contributed by atoms with E-state index in [9.17, 15) is 4.79 Å². The average Bonchev–Trinajstić information content (AvgIpc) is 3.15. The van der Waals surface area contributed by atoms with E-state index in [1.807, 2.05) is 30.3 Å². The first kappa shape index (κ1) is 17.2. The number of nitrogen functional groups attached to an aromatic ring is 1. The maximum atomic E-state index is 12.2. The minimum atomic E-state index is -0.740. The fourth-order valence-corrected chi connectivity index (χ4v) is 2.17. The van der Waals surface area contributed by atoms with Gasteiger partial charge in [0, 0.05) is 18.3 Å². The number of rotatable bonds is 6. The van der Waals surface area contributed by atoms with Crippen molar-refractivity contribution in [3.63, 3.8) is 0 Å². The van der Waals surface area contributed by atoms with Crippen LogP contribution in [0.25, 0.3) is 0 Å². The predicted molar refractivity (Wildman–Crippen MR) is 98.2 cm³/mol. The maximum Gasteiger partial charge on any atom is 0.242 e. The molecule has 1 atom stereocenters. The van der Waals surface area contributed by atoms with Gasteiger partial charge in [-0.2, -0.15) is 5.11 Å². The minimum Gasteiger partial charge on any atom is -0.382 e. The van der Waals surface area contributed by atoms with Crippen molar-refractivity contribution in [2.45, 2.75) is 12.5 Å². The molecule has 2 aromatic heterocycles. The van der Waals surface area contributed by atoms with Gasteiger partial charge in [-0.1, -0.05) is 18.2 Å². The maximum absolute atomic E-state index is 12.2. The SMILES string of the molecule is Nc1nc(NC(=O)C(N)Cc2cnc[nH]2)ccc1N=Nc1ccccc1. The minimum absolute atomic E-state index is 0.157. The fraction of sp³-hybridized carbons (Fsp3) is 0.118. The highest BCUT2D eigenvalue weighted by Crippen LogP contribution is 2.24. The van der Waals surface area contributed by atoms with Crippen molar-refractivity contribution in [3.05, 3.63) is 60.7 Å². The lowest BCUT2D eigenvalue weighted by Gasteiger charge is -2.11. The van der Waals surface area contributed by atoms with Gasteiger partial charge in [0.1, 0.15) is 11.5 Å². The van der Waals surface area contributed by atoms with Crippen LogP contribution in [0.15, 0.2) is 65.2 Å². The summed E-state index contributed by atoms with van der Waals surface area (Å²) in [4.78, 5) is 23.1. The van der Waals surface area contributed by atoms with Crippen molar-refractivity contribution >= 4 is 28.9 Å². The molecule has 0 spiro atoms. The molecule has 9 heteroatoms. The third-order valence-corrected chi connectivity index (χ3v) is 3.51. The summed E-state index contributed by atoms with van der Waals surface area (Å²) in [5.74, 6) is 0.0843. The number of pyridine rings is 1. The number of carbonyl (C=O) groups is 1. The van der Waals surface area contributed by atoms with E-state index in [4.69, 9.17) is 11.5 Å². The zero-order valence-corrected chi connectivity index (χ0v) is 13.8. The second-order valence-electron chi connectivity index (χ2n) is 5.51. The first-order valence-electron chi connectivity index (χ1n) is 7.89. The van der Waals surface area contributed by atoms with Crippen LogP contribution in [-0.4, -0.2) is 26.9 Å². The lowest BCUT2D eigenvalue weighted by Crippen LogP contribution is -2.37. The van der Waals surface area contributed by atoms with Gasteiger partial charge in [-0.05, 0) is 24.3 Å². The van der Waals surface area contributed by atoms with Crippen LogP contribution in [0.2, 0.25) is 0 Å². The molecule has 6 N–H and O–H groups in total. The van der Waals surface area contributed by atoms with Crippen molar-refractivity contribution < 1.29 is 4.79 Å². The van der Waals surface area contributed by atoms with E-state index in [0.717, 1.165) is 5.69 Å². The molecule has 3 rings (SSSR count). The van der Waals surface area contributed by atoms with Crippen molar-refractivity contribution in [1.29, 1.82) is 0 Å². The highest BCUT2D eigenvalue weighted by molar-refractivity contribution is 5.94. The molecule has 1 aromatic carbocycles. The summed E-state index contributed by atoms with van der Waals surface area (Å²) in [5, 5.41) is 10.8. The van der Waals surface area contributed by atoms with Crippen LogP contribution < -0.4 is 16.8 Å². The Morgan fingerprint density at radius 1 is 1.19 bits per heavy atom. The van der Waals surface area contributed by atoms with Crippen molar-refractivity contribution in [1.82, 2.24) is 15.0 Å². The van der Waals surface area contributed by atoms with Crippen molar-refractivity contribution in [2.24, 2.45) is 16.0 Å². The van der Waals surface area contributed by atoms with E-state index >= 15 is 0 Å². The molecule has 9 nitrogen and oxygen atoms in total. The summed E-state index contributed by atoms with van der Waals surface area (Å²) < 4.78 is 0.